The third-order valence-electron chi connectivity index (χ3n) is 2.45. The van der Waals surface area contributed by atoms with E-state index in [0.29, 0.717) is 0 Å². The van der Waals surface area contributed by atoms with Crippen molar-refractivity contribution < 1.29 is 4.39 Å². The Kier molecular flexibility index (Phi) is 2.51. The van der Waals surface area contributed by atoms with Crippen LogP contribution in [0.2, 0.25) is 0 Å². The van der Waals surface area contributed by atoms with Crippen molar-refractivity contribution in [1.29, 1.82) is 0 Å². The van der Waals surface area contributed by atoms with E-state index >= 15 is 0 Å². The first-order valence-corrected chi connectivity index (χ1v) is 4.75. The van der Waals surface area contributed by atoms with Gasteiger partial charge in [0.15, 0.2) is 0 Å². The van der Waals surface area contributed by atoms with Crippen molar-refractivity contribution in [3.8, 4) is 11.8 Å². The highest BCUT2D eigenvalue weighted by Crippen LogP contribution is 2.22. The van der Waals surface area contributed by atoms with Crippen LogP contribution in [0.3, 0.4) is 0 Å². The highest BCUT2D eigenvalue weighted by Gasteiger charge is 2.17. The monoisotopic (exact) mass is 189 g/mol. The van der Waals surface area contributed by atoms with Gasteiger partial charge in [0.2, 0.25) is 0 Å². The smallest absolute Gasteiger partial charge is 0.123 e. The standard InChI is InChI=1S/C12H12FN/c1-2-3-12-11-5-4-10(13)8-9(11)6-7-14-12/h4-5,8,12,14H,6-7H2,1H3. The van der Waals surface area contributed by atoms with Gasteiger partial charge in [-0.15, -0.1) is 5.92 Å². The Bertz CT molecular complexity index is 401. The number of rotatable bonds is 0. The van der Waals surface area contributed by atoms with E-state index in [1.54, 1.807) is 6.07 Å². The second kappa shape index (κ2) is 3.81. The van der Waals surface area contributed by atoms with Gasteiger partial charge < -0.3 is 0 Å². The fraction of sp³-hybridized carbons (Fsp3) is 0.333. The lowest BCUT2D eigenvalue weighted by molar-refractivity contribution is 0.579. The molecule has 1 aliphatic heterocycles. The second-order valence-electron chi connectivity index (χ2n) is 3.37. The molecule has 1 aliphatic rings. The van der Waals surface area contributed by atoms with Crippen molar-refractivity contribution in [1.82, 2.24) is 5.32 Å². The maximum atomic E-state index is 13.0. The Balaban J connectivity index is 2.43. The molecule has 1 N–H and O–H groups in total. The van der Waals surface area contributed by atoms with Gasteiger partial charge in [0.05, 0.1) is 6.04 Å². The summed E-state index contributed by atoms with van der Waals surface area (Å²) in [6.45, 7) is 2.69. The third-order valence-corrected chi connectivity index (χ3v) is 2.45. The summed E-state index contributed by atoms with van der Waals surface area (Å²) in [7, 11) is 0. The zero-order valence-electron chi connectivity index (χ0n) is 8.10. The van der Waals surface area contributed by atoms with E-state index < -0.39 is 0 Å². The number of benzene rings is 1. The summed E-state index contributed by atoms with van der Waals surface area (Å²) < 4.78 is 13.0. The molecule has 0 saturated heterocycles. The molecule has 1 heterocycles. The van der Waals surface area contributed by atoms with Gasteiger partial charge in [-0.25, -0.2) is 4.39 Å². The molecule has 0 spiro atoms. The van der Waals surface area contributed by atoms with E-state index in [1.165, 1.54) is 6.07 Å². The normalized spacial score (nSPS) is 19.4. The maximum absolute atomic E-state index is 13.0. The highest BCUT2D eigenvalue weighted by molar-refractivity contribution is 5.37. The molecule has 0 fully saturated rings. The molecule has 72 valence electrons. The number of nitrogens with one attached hydrogen (secondary N) is 1. The highest BCUT2D eigenvalue weighted by atomic mass is 19.1. The SMILES string of the molecule is CC#CC1NCCc2cc(F)ccc21. The molecule has 1 unspecified atom stereocenters. The van der Waals surface area contributed by atoms with Gasteiger partial charge in [-0.05, 0) is 36.6 Å². The Morgan fingerprint density at radius 1 is 1.50 bits per heavy atom. The summed E-state index contributed by atoms with van der Waals surface area (Å²) in [5.41, 5.74) is 2.20. The lowest BCUT2D eigenvalue weighted by Gasteiger charge is -2.22. The first-order valence-electron chi connectivity index (χ1n) is 4.75. The predicted octanol–water partition coefficient (Wildman–Crippen LogP) is 2.04. The third kappa shape index (κ3) is 1.64. The van der Waals surface area contributed by atoms with Crippen LogP contribution in [0, 0.1) is 17.7 Å². The molecular formula is C12H12FN. The molecule has 1 aromatic rings. The van der Waals surface area contributed by atoms with Gasteiger partial charge in [-0.3, -0.25) is 5.32 Å². The molecule has 1 nitrogen and oxygen atoms in total. The lowest BCUT2D eigenvalue weighted by Crippen LogP contribution is -2.28. The van der Waals surface area contributed by atoms with Crippen LogP contribution in [0.1, 0.15) is 24.1 Å². The van der Waals surface area contributed by atoms with E-state index in [-0.39, 0.29) is 11.9 Å². The van der Waals surface area contributed by atoms with Crippen LogP contribution in [0.25, 0.3) is 0 Å². The van der Waals surface area contributed by atoms with Crippen LogP contribution in [0.5, 0.6) is 0 Å². The Morgan fingerprint density at radius 3 is 3.14 bits per heavy atom. The Hall–Kier alpha value is -1.33. The molecule has 1 aromatic carbocycles. The average molecular weight is 189 g/mol. The first-order chi connectivity index (χ1) is 6.81. The topological polar surface area (TPSA) is 12.0 Å². The Morgan fingerprint density at radius 2 is 2.36 bits per heavy atom. The summed E-state index contributed by atoms with van der Waals surface area (Å²) in [6.07, 6.45) is 0.884. The molecule has 2 heteroatoms. The van der Waals surface area contributed by atoms with Crippen molar-refractivity contribution in [2.75, 3.05) is 6.54 Å². The minimum atomic E-state index is -0.158. The van der Waals surface area contributed by atoms with Gasteiger partial charge >= 0.3 is 0 Å². The number of hydrogen-bond acceptors (Lipinski definition) is 1. The van der Waals surface area contributed by atoms with Gasteiger partial charge in [0.1, 0.15) is 5.82 Å². The summed E-state index contributed by atoms with van der Waals surface area (Å²) in [6, 6.07) is 5.01. The van der Waals surface area contributed by atoms with Crippen LogP contribution in [0.4, 0.5) is 4.39 Å². The minimum absolute atomic E-state index is 0.0735. The molecule has 1 atom stereocenters. The van der Waals surface area contributed by atoms with Crippen molar-refractivity contribution in [3.63, 3.8) is 0 Å². The minimum Gasteiger partial charge on any atom is -0.300 e. The molecule has 2 rings (SSSR count). The van der Waals surface area contributed by atoms with Crippen molar-refractivity contribution in [2.24, 2.45) is 0 Å². The van der Waals surface area contributed by atoms with Gasteiger partial charge in [-0.2, -0.15) is 0 Å². The maximum Gasteiger partial charge on any atom is 0.123 e. The molecule has 0 saturated carbocycles. The molecule has 0 amide bonds. The summed E-state index contributed by atoms with van der Waals surface area (Å²) in [4.78, 5) is 0. The lowest BCUT2D eigenvalue weighted by atomic mass is 9.94. The van der Waals surface area contributed by atoms with Crippen LogP contribution < -0.4 is 5.32 Å². The molecule has 0 aromatic heterocycles. The van der Waals surface area contributed by atoms with Crippen LogP contribution in [-0.2, 0) is 6.42 Å². The second-order valence-corrected chi connectivity index (χ2v) is 3.37. The van der Waals surface area contributed by atoms with Crippen molar-refractivity contribution in [3.05, 3.63) is 35.1 Å². The van der Waals surface area contributed by atoms with Crippen molar-refractivity contribution >= 4 is 0 Å². The molecule has 0 bridgehead atoms. The van der Waals surface area contributed by atoms with E-state index in [4.69, 9.17) is 0 Å². The first kappa shape index (κ1) is 9.23. The zero-order valence-corrected chi connectivity index (χ0v) is 8.10. The van der Waals surface area contributed by atoms with E-state index in [1.807, 2.05) is 13.0 Å². The fourth-order valence-corrected chi connectivity index (χ4v) is 1.81. The van der Waals surface area contributed by atoms with E-state index in [0.717, 1.165) is 24.1 Å². The summed E-state index contributed by atoms with van der Waals surface area (Å²) in [5.74, 6) is 5.80. The number of hydrogen-bond donors (Lipinski definition) is 1. The zero-order chi connectivity index (χ0) is 9.97. The Labute approximate surface area is 83.3 Å². The van der Waals surface area contributed by atoms with E-state index in [2.05, 4.69) is 17.2 Å². The van der Waals surface area contributed by atoms with Gasteiger partial charge in [-0.1, -0.05) is 12.0 Å². The number of fused-ring (bicyclic) bond motifs is 1. The van der Waals surface area contributed by atoms with Gasteiger partial charge in [0.25, 0.3) is 0 Å². The van der Waals surface area contributed by atoms with Crippen molar-refractivity contribution in [2.45, 2.75) is 19.4 Å². The summed E-state index contributed by atoms with van der Waals surface area (Å²) >= 11 is 0. The average Bonchev–Trinajstić information content (AvgIpc) is 2.18. The molecule has 14 heavy (non-hydrogen) atoms. The van der Waals surface area contributed by atoms with Crippen LogP contribution in [0.15, 0.2) is 18.2 Å². The quantitative estimate of drug-likeness (QED) is 0.616. The van der Waals surface area contributed by atoms with Gasteiger partial charge in [0, 0.05) is 6.54 Å². The number of halogens is 1. The summed E-state index contributed by atoms with van der Waals surface area (Å²) in [5, 5.41) is 3.30. The van der Waals surface area contributed by atoms with Crippen LogP contribution in [-0.4, -0.2) is 6.54 Å². The predicted molar refractivity (Wildman–Crippen MR) is 54.3 cm³/mol. The van der Waals surface area contributed by atoms with E-state index in [9.17, 15) is 4.39 Å². The molecular weight excluding hydrogens is 177 g/mol. The van der Waals surface area contributed by atoms with Crippen LogP contribution >= 0.6 is 0 Å². The molecule has 0 aliphatic carbocycles. The fourth-order valence-electron chi connectivity index (χ4n) is 1.81. The molecule has 0 radical (unpaired) electrons. The largest absolute Gasteiger partial charge is 0.300 e.